The van der Waals surface area contributed by atoms with Crippen LogP contribution in [0.15, 0.2) is 59.6 Å². The van der Waals surface area contributed by atoms with E-state index in [2.05, 4.69) is 4.98 Å². The van der Waals surface area contributed by atoms with E-state index in [1.807, 2.05) is 43.5 Å². The van der Waals surface area contributed by atoms with Crippen molar-refractivity contribution in [1.82, 2.24) is 9.29 Å². The Kier molecular flexibility index (Phi) is 4.53. The molecule has 2 aromatic carbocycles. The van der Waals surface area contributed by atoms with Gasteiger partial charge >= 0.3 is 0 Å². The van der Waals surface area contributed by atoms with Gasteiger partial charge in [0.05, 0.1) is 12.0 Å². The molecule has 0 atom stereocenters. The molecule has 2 heterocycles. The highest BCUT2D eigenvalue weighted by atomic mass is 32.2. The first-order chi connectivity index (χ1) is 13.0. The number of methoxy groups -OCH3 is 1. The maximum absolute atomic E-state index is 12.9. The summed E-state index contributed by atoms with van der Waals surface area (Å²) in [6.45, 7) is 2.75. The van der Waals surface area contributed by atoms with Gasteiger partial charge in [0.25, 0.3) is 0 Å². The molecule has 5 nitrogen and oxygen atoms in total. The van der Waals surface area contributed by atoms with Crippen LogP contribution in [-0.2, 0) is 10.0 Å². The number of fused-ring (bicyclic) bond motifs is 1. The minimum absolute atomic E-state index is 0.358. The first kappa shape index (κ1) is 17.8. The molecule has 0 bridgehead atoms. The summed E-state index contributed by atoms with van der Waals surface area (Å²) >= 11 is 0. The molecule has 0 saturated carbocycles. The molecule has 0 spiro atoms. The van der Waals surface area contributed by atoms with Crippen molar-refractivity contribution in [2.24, 2.45) is 0 Å². The van der Waals surface area contributed by atoms with E-state index in [-0.39, 0.29) is 0 Å². The number of rotatable bonds is 4. The lowest BCUT2D eigenvalue weighted by atomic mass is 9.99. The zero-order valence-electron chi connectivity index (χ0n) is 15.4. The molecule has 6 heteroatoms. The number of H-pyrrole nitrogens is 1. The lowest BCUT2D eigenvalue weighted by Crippen LogP contribution is -2.34. The monoisotopic (exact) mass is 382 g/mol. The zero-order valence-corrected chi connectivity index (χ0v) is 16.2. The fourth-order valence-electron chi connectivity index (χ4n) is 3.53. The first-order valence-corrected chi connectivity index (χ1v) is 10.3. The summed E-state index contributed by atoms with van der Waals surface area (Å²) in [5, 5.41) is 1.09. The number of sulfonamides is 1. The Hall–Kier alpha value is -2.57. The van der Waals surface area contributed by atoms with E-state index < -0.39 is 10.0 Å². The van der Waals surface area contributed by atoms with Crippen molar-refractivity contribution in [3.8, 4) is 5.75 Å². The second kappa shape index (κ2) is 6.87. The van der Waals surface area contributed by atoms with Gasteiger partial charge in [-0.05, 0) is 54.8 Å². The third-order valence-electron chi connectivity index (χ3n) is 5.03. The SMILES string of the molecule is COc1ccc2[nH]cc(C3=CCN(S(=O)(=O)c4cccc(C)c4)CC3)c2c1. The highest BCUT2D eigenvalue weighted by Gasteiger charge is 2.27. The summed E-state index contributed by atoms with van der Waals surface area (Å²) < 4.78 is 32.7. The standard InChI is InChI=1S/C21H22N2O3S/c1-15-4-3-5-18(12-15)27(24,25)23-10-8-16(9-11-23)20-14-22-21-7-6-17(26-2)13-19(20)21/h3-8,12-14,22H,9-11H2,1-2H3. The van der Waals surface area contributed by atoms with Crippen molar-refractivity contribution in [2.75, 3.05) is 20.2 Å². The number of ether oxygens (including phenoxy) is 1. The van der Waals surface area contributed by atoms with Crippen LogP contribution in [0.3, 0.4) is 0 Å². The Bertz CT molecular complexity index is 1130. The molecule has 0 radical (unpaired) electrons. The van der Waals surface area contributed by atoms with Crippen LogP contribution in [0, 0.1) is 6.92 Å². The third-order valence-corrected chi connectivity index (χ3v) is 6.90. The molecule has 0 saturated heterocycles. The molecule has 1 aliphatic rings. The lowest BCUT2D eigenvalue weighted by Gasteiger charge is -2.26. The van der Waals surface area contributed by atoms with E-state index >= 15 is 0 Å². The van der Waals surface area contributed by atoms with Gasteiger partial charge in [0.15, 0.2) is 0 Å². The fraction of sp³-hybridized carbons (Fsp3) is 0.238. The number of nitrogens with zero attached hydrogens (tertiary/aromatic N) is 1. The Morgan fingerprint density at radius 3 is 2.70 bits per heavy atom. The third kappa shape index (κ3) is 3.26. The summed E-state index contributed by atoms with van der Waals surface area (Å²) in [5.74, 6) is 0.809. The van der Waals surface area contributed by atoms with Crippen LogP contribution in [0.5, 0.6) is 5.75 Å². The quantitative estimate of drug-likeness (QED) is 0.743. The fourth-order valence-corrected chi connectivity index (χ4v) is 5.02. The normalized spacial score (nSPS) is 15.7. The van der Waals surface area contributed by atoms with Gasteiger partial charge in [-0.25, -0.2) is 8.42 Å². The second-order valence-electron chi connectivity index (χ2n) is 6.77. The van der Waals surface area contributed by atoms with Gasteiger partial charge < -0.3 is 9.72 Å². The van der Waals surface area contributed by atoms with E-state index in [9.17, 15) is 8.42 Å². The van der Waals surface area contributed by atoms with Gasteiger partial charge in [-0.1, -0.05) is 18.2 Å². The van der Waals surface area contributed by atoms with Crippen LogP contribution < -0.4 is 4.74 Å². The average Bonchev–Trinajstić information content (AvgIpc) is 3.11. The van der Waals surface area contributed by atoms with Crippen LogP contribution in [0.4, 0.5) is 0 Å². The smallest absolute Gasteiger partial charge is 0.243 e. The van der Waals surface area contributed by atoms with Gasteiger partial charge in [0.2, 0.25) is 10.0 Å². The number of aromatic amines is 1. The molecule has 0 unspecified atom stereocenters. The summed E-state index contributed by atoms with van der Waals surface area (Å²) in [5.41, 5.74) is 4.25. The predicted molar refractivity (Wildman–Crippen MR) is 107 cm³/mol. The van der Waals surface area contributed by atoms with E-state index in [1.54, 1.807) is 29.6 Å². The number of aryl methyl sites for hydroxylation is 1. The van der Waals surface area contributed by atoms with Crippen molar-refractivity contribution in [2.45, 2.75) is 18.2 Å². The number of hydrogen-bond donors (Lipinski definition) is 1. The van der Waals surface area contributed by atoms with Gasteiger partial charge in [0, 0.05) is 35.8 Å². The molecule has 0 fully saturated rings. The minimum Gasteiger partial charge on any atom is -0.497 e. The van der Waals surface area contributed by atoms with E-state index in [4.69, 9.17) is 4.74 Å². The number of aromatic nitrogens is 1. The molecule has 1 aromatic heterocycles. The topological polar surface area (TPSA) is 62.4 Å². The molecule has 140 valence electrons. The van der Waals surface area contributed by atoms with E-state index in [0.29, 0.717) is 24.4 Å². The van der Waals surface area contributed by atoms with Crippen molar-refractivity contribution >= 4 is 26.5 Å². The van der Waals surface area contributed by atoms with Crippen LogP contribution >= 0.6 is 0 Å². The van der Waals surface area contributed by atoms with E-state index in [1.165, 1.54) is 0 Å². The van der Waals surface area contributed by atoms with Crippen molar-refractivity contribution < 1.29 is 13.2 Å². The van der Waals surface area contributed by atoms with Crippen molar-refractivity contribution in [3.63, 3.8) is 0 Å². The largest absolute Gasteiger partial charge is 0.497 e. The van der Waals surface area contributed by atoms with Crippen LogP contribution in [0.1, 0.15) is 17.5 Å². The summed E-state index contributed by atoms with van der Waals surface area (Å²) in [4.78, 5) is 3.64. The average molecular weight is 382 g/mol. The number of nitrogens with one attached hydrogen (secondary N) is 1. The second-order valence-corrected chi connectivity index (χ2v) is 8.71. The van der Waals surface area contributed by atoms with Gasteiger partial charge in [-0.3, -0.25) is 0 Å². The molecule has 0 aliphatic carbocycles. The molecule has 27 heavy (non-hydrogen) atoms. The Morgan fingerprint density at radius 1 is 1.15 bits per heavy atom. The van der Waals surface area contributed by atoms with Crippen LogP contribution in [0.25, 0.3) is 16.5 Å². The molecule has 0 amide bonds. The molecule has 1 aliphatic heterocycles. The van der Waals surface area contributed by atoms with Crippen LogP contribution in [-0.4, -0.2) is 37.9 Å². The molecular weight excluding hydrogens is 360 g/mol. The number of hydrogen-bond acceptors (Lipinski definition) is 3. The summed E-state index contributed by atoms with van der Waals surface area (Å²) in [7, 11) is -1.81. The maximum atomic E-state index is 12.9. The minimum atomic E-state index is -3.47. The highest BCUT2D eigenvalue weighted by molar-refractivity contribution is 7.89. The molecule has 3 aromatic rings. The van der Waals surface area contributed by atoms with Crippen LogP contribution in [0.2, 0.25) is 0 Å². The predicted octanol–water partition coefficient (Wildman–Crippen LogP) is 3.96. The van der Waals surface area contributed by atoms with Gasteiger partial charge in [0.1, 0.15) is 5.75 Å². The maximum Gasteiger partial charge on any atom is 0.243 e. The molecule has 4 rings (SSSR count). The van der Waals surface area contributed by atoms with Crippen molar-refractivity contribution in [1.29, 1.82) is 0 Å². The Labute approximate surface area is 159 Å². The number of benzene rings is 2. The van der Waals surface area contributed by atoms with E-state index in [0.717, 1.165) is 33.4 Å². The Morgan fingerprint density at radius 2 is 2.00 bits per heavy atom. The molecule has 1 N–H and O–H groups in total. The summed E-state index contributed by atoms with van der Waals surface area (Å²) in [6.07, 6.45) is 4.68. The van der Waals surface area contributed by atoms with Gasteiger partial charge in [-0.15, -0.1) is 0 Å². The first-order valence-electron chi connectivity index (χ1n) is 8.90. The van der Waals surface area contributed by atoms with Gasteiger partial charge in [-0.2, -0.15) is 4.31 Å². The Balaban J connectivity index is 1.62. The lowest BCUT2D eigenvalue weighted by molar-refractivity contribution is 0.415. The zero-order chi connectivity index (χ0) is 19.0. The summed E-state index contributed by atoms with van der Waals surface area (Å²) in [6, 6.07) is 13.0. The van der Waals surface area contributed by atoms with Crippen molar-refractivity contribution in [3.05, 3.63) is 65.9 Å². The molecular formula is C21H22N2O3S. The highest BCUT2D eigenvalue weighted by Crippen LogP contribution is 2.32.